The number of rotatable bonds is 0. The van der Waals surface area contributed by atoms with Gasteiger partial charge in [0.25, 0.3) is 0 Å². The van der Waals surface area contributed by atoms with Crippen molar-refractivity contribution < 1.29 is 49.6 Å². The molecule has 24 valence electrons. The van der Waals surface area contributed by atoms with Crippen LogP contribution >= 0.6 is 0 Å². The summed E-state index contributed by atoms with van der Waals surface area (Å²) < 4.78 is 8.33. The molecule has 0 aliphatic rings. The summed E-state index contributed by atoms with van der Waals surface area (Å²) >= 11 is 0.333. The molecule has 1 nitrogen and oxygen atoms in total. The van der Waals surface area contributed by atoms with E-state index in [1.165, 1.54) is 0 Å². The first kappa shape index (κ1) is 19.3. The maximum absolute atomic E-state index is 8.33. The third kappa shape index (κ3) is 11.1. The minimum atomic E-state index is 0. The van der Waals surface area contributed by atoms with Gasteiger partial charge in [0.1, 0.15) is 0 Å². The van der Waals surface area contributed by atoms with E-state index in [1.54, 1.807) is 0 Å². The minimum absolute atomic E-state index is 0. The largest absolute Gasteiger partial charge is 0 e. The van der Waals surface area contributed by atoms with E-state index in [9.17, 15) is 0 Å². The van der Waals surface area contributed by atoms with E-state index in [2.05, 4.69) is 0 Å². The Balaban J connectivity index is -0.00000000500. The minimum Gasteiger partial charge on any atom is 0 e. The Morgan fingerprint density at radius 3 is 1.25 bits per heavy atom. The molecule has 0 atom stereocenters. The average molecular weight is 268 g/mol. The molecule has 0 unspecified atom stereocenters. The summed E-state index contributed by atoms with van der Waals surface area (Å²) in [4.78, 5) is 0. The van der Waals surface area contributed by atoms with Gasteiger partial charge in [-0.3, -0.25) is 4.70 Å². The fourth-order valence-electron chi connectivity index (χ4n) is 0. The van der Waals surface area contributed by atoms with Gasteiger partial charge in [-0.2, -0.15) is 0 Å². The van der Waals surface area contributed by atoms with Crippen molar-refractivity contribution in [2.24, 2.45) is 0 Å². The van der Waals surface area contributed by atoms with Gasteiger partial charge in [-0.15, -0.1) is 0 Å². The van der Waals surface area contributed by atoms with Gasteiger partial charge in [0, 0.05) is 21.7 Å². The third-order valence-electron chi connectivity index (χ3n) is 0. The first-order valence-corrected chi connectivity index (χ1v) is 1.36. The molecule has 0 aromatic rings. The Hall–Kier alpha value is 1.13. The van der Waals surface area contributed by atoms with E-state index in [0.717, 1.165) is 0 Å². The smallest absolute Gasteiger partial charge is 0 e. The molecule has 0 N–H and O–H groups in total. The van der Waals surface area contributed by atoms with E-state index >= 15 is 0 Å². The normalized spacial score (nSPS) is 1.00. The van der Waals surface area contributed by atoms with Gasteiger partial charge in [-0.25, -0.2) is 0 Å². The van der Waals surface area contributed by atoms with Crippen LogP contribution in [0.4, 0.5) is 4.70 Å². The van der Waals surface area contributed by atoms with Crippen molar-refractivity contribution >= 4 is 0 Å². The van der Waals surface area contributed by atoms with E-state index in [0.29, 0.717) is 19.8 Å². The maximum atomic E-state index is 8.33. The summed E-state index contributed by atoms with van der Waals surface area (Å²) in [7, 11) is 0. The Morgan fingerprint density at radius 2 is 1.25 bits per heavy atom. The topological polar surface area (TPSA) is 17.1 Å². The molecule has 0 aliphatic heterocycles. The van der Waals surface area contributed by atoms with Crippen molar-refractivity contribution in [1.29, 1.82) is 0 Å². The van der Waals surface area contributed by atoms with Crippen molar-refractivity contribution in [2.45, 2.75) is 0 Å². The maximum Gasteiger partial charge on any atom is 0 e. The Kier molecular flexibility index (Phi) is 152. The molecule has 0 aromatic heterocycles. The van der Waals surface area contributed by atoms with E-state index in [4.69, 9.17) is 3.40 Å². The summed E-state index contributed by atoms with van der Waals surface area (Å²) in [5.41, 5.74) is 0. The van der Waals surface area contributed by atoms with Crippen LogP contribution in [0.15, 0.2) is 0 Å². The second-order valence-electron chi connectivity index (χ2n) is 0. The van der Waals surface area contributed by atoms with Gasteiger partial charge in [0.05, 0.1) is 0 Å². The van der Waals surface area contributed by atoms with E-state index < -0.39 is 0 Å². The number of hydrogen-bond donors (Lipinski definition) is 0. The summed E-state index contributed by atoms with van der Waals surface area (Å²) in [5, 5.41) is 0. The van der Waals surface area contributed by atoms with Gasteiger partial charge in [0.15, 0.2) is 0 Å². The van der Waals surface area contributed by atoms with Crippen molar-refractivity contribution in [2.75, 3.05) is 0 Å². The van der Waals surface area contributed by atoms with Gasteiger partial charge >= 0.3 is 23.2 Å². The van der Waals surface area contributed by atoms with E-state index in [1.807, 2.05) is 0 Å². The molecule has 0 spiro atoms. The van der Waals surface area contributed by atoms with Crippen LogP contribution in [0.1, 0.15) is 0 Å². The van der Waals surface area contributed by atoms with Gasteiger partial charge in [-0.1, -0.05) is 0 Å². The van der Waals surface area contributed by atoms with Gasteiger partial charge in [-0.05, 0) is 0 Å². The Labute approximate surface area is 49.6 Å². The van der Waals surface area contributed by atoms with Crippen LogP contribution in [0.25, 0.3) is 0 Å². The molecular weight excluding hydrogens is 267 g/mol. The molecule has 0 saturated heterocycles. The zero-order valence-electron chi connectivity index (χ0n) is 1.72. The molecule has 0 aromatic carbocycles. The predicted octanol–water partition coefficient (Wildman–Crippen LogP) is 0.0287. The van der Waals surface area contributed by atoms with E-state index in [-0.39, 0.29) is 26.4 Å². The van der Waals surface area contributed by atoms with Crippen LogP contribution in [0.5, 0.6) is 0 Å². The number of halogens is 1. The average Bonchev–Trinajstić information content (AvgIpc) is 1.00. The van der Waals surface area contributed by atoms with Gasteiger partial charge < -0.3 is 0 Å². The first-order chi connectivity index (χ1) is 1.00. The van der Waals surface area contributed by atoms with Crippen LogP contribution in [-0.2, 0) is 44.9 Å². The SMILES string of the molecule is F.[O]=[W].[Ti]. The predicted molar refractivity (Wildman–Crippen MR) is 3.19 cm³/mol. The van der Waals surface area contributed by atoms with Crippen LogP contribution < -0.4 is 0 Å². The summed E-state index contributed by atoms with van der Waals surface area (Å²) in [6, 6.07) is 0. The van der Waals surface area contributed by atoms with Crippen molar-refractivity contribution in [3.05, 3.63) is 0 Å². The molecular formula is HFOTiW. The zero-order valence-corrected chi connectivity index (χ0v) is 6.22. The van der Waals surface area contributed by atoms with Crippen molar-refractivity contribution in [1.82, 2.24) is 0 Å². The van der Waals surface area contributed by atoms with Crippen LogP contribution in [0, 0.1) is 0 Å². The van der Waals surface area contributed by atoms with Crippen molar-refractivity contribution in [3.63, 3.8) is 0 Å². The summed E-state index contributed by atoms with van der Waals surface area (Å²) in [5.74, 6) is 0. The standard InChI is InChI=1S/FH.O.Ti.W/h1H;;;. The molecule has 0 fully saturated rings. The van der Waals surface area contributed by atoms with Crippen LogP contribution in [-0.4, -0.2) is 0 Å². The fraction of sp³-hybridized carbons (Fsp3) is 0. The third-order valence-corrected chi connectivity index (χ3v) is 0. The Morgan fingerprint density at radius 1 is 1.25 bits per heavy atom. The Bertz CT molecular complexity index is 8.00. The molecule has 0 amide bonds. The summed E-state index contributed by atoms with van der Waals surface area (Å²) in [6.07, 6.45) is 0. The monoisotopic (exact) mass is 268 g/mol. The van der Waals surface area contributed by atoms with Crippen LogP contribution in [0.2, 0.25) is 0 Å². The number of hydrogen-bond acceptors (Lipinski definition) is 1. The molecule has 4 heteroatoms. The molecule has 0 rings (SSSR count). The van der Waals surface area contributed by atoms with Gasteiger partial charge in [0.2, 0.25) is 0 Å². The zero-order chi connectivity index (χ0) is 2.00. The second-order valence-corrected chi connectivity index (χ2v) is 0. The molecule has 0 bridgehead atoms. The van der Waals surface area contributed by atoms with Crippen molar-refractivity contribution in [3.8, 4) is 0 Å². The molecule has 0 radical (unpaired) electrons. The second kappa shape index (κ2) is 31.6. The summed E-state index contributed by atoms with van der Waals surface area (Å²) in [6.45, 7) is 0. The molecule has 0 saturated carbocycles. The fourth-order valence-corrected chi connectivity index (χ4v) is 0. The molecule has 0 heterocycles. The first-order valence-electron chi connectivity index (χ1n) is 0.167. The quantitative estimate of drug-likeness (QED) is 0.566. The van der Waals surface area contributed by atoms with Crippen LogP contribution in [0.3, 0.4) is 0 Å². The molecule has 4 heavy (non-hydrogen) atoms. The molecule has 0 aliphatic carbocycles.